The molecule has 0 aromatic rings. The number of morpholine rings is 1. The number of methoxy groups -OCH3 is 1. The van der Waals surface area contributed by atoms with Gasteiger partial charge in [0.05, 0.1) is 32.4 Å². The van der Waals surface area contributed by atoms with E-state index in [0.717, 1.165) is 69.5 Å². The summed E-state index contributed by atoms with van der Waals surface area (Å²) in [5, 5.41) is 3.27. The summed E-state index contributed by atoms with van der Waals surface area (Å²) in [5.74, 6) is 1.68. The maximum Gasteiger partial charge on any atom is 0.133 e. The molecule has 0 aromatic carbocycles. The average Bonchev–Trinajstić information content (AvgIpc) is 3.14. The van der Waals surface area contributed by atoms with E-state index in [1.54, 1.807) is 7.11 Å². The van der Waals surface area contributed by atoms with E-state index in [4.69, 9.17) is 19.9 Å². The lowest BCUT2D eigenvalue weighted by Gasteiger charge is -2.30. The van der Waals surface area contributed by atoms with Crippen LogP contribution in [0.2, 0.25) is 0 Å². The Labute approximate surface area is 143 Å². The molecule has 7 heteroatoms. The van der Waals surface area contributed by atoms with Crippen molar-refractivity contribution in [2.45, 2.75) is 18.6 Å². The molecule has 24 heavy (non-hydrogen) atoms. The van der Waals surface area contributed by atoms with Gasteiger partial charge in [-0.2, -0.15) is 0 Å². The van der Waals surface area contributed by atoms with Crippen LogP contribution in [0.25, 0.3) is 0 Å². The van der Waals surface area contributed by atoms with Crippen molar-refractivity contribution in [3.63, 3.8) is 0 Å². The third-order valence-corrected chi connectivity index (χ3v) is 4.59. The van der Waals surface area contributed by atoms with Crippen LogP contribution in [0.5, 0.6) is 0 Å². The highest BCUT2D eigenvalue weighted by Gasteiger charge is 2.32. The van der Waals surface area contributed by atoms with Crippen molar-refractivity contribution in [1.82, 2.24) is 10.2 Å². The monoisotopic (exact) mass is 336 g/mol. The molecule has 0 aromatic heterocycles. The van der Waals surface area contributed by atoms with Crippen LogP contribution in [-0.4, -0.2) is 82.5 Å². The second-order valence-electron chi connectivity index (χ2n) is 6.19. The number of hydrogen-bond donors (Lipinski definition) is 2. The van der Waals surface area contributed by atoms with Gasteiger partial charge in [0, 0.05) is 38.9 Å². The van der Waals surface area contributed by atoms with Crippen LogP contribution in [0.3, 0.4) is 0 Å². The normalized spacial score (nSPS) is 28.0. The van der Waals surface area contributed by atoms with E-state index >= 15 is 0 Å². The molecule has 1 fully saturated rings. The number of amidine groups is 1. The molecular weight excluding hydrogens is 308 g/mol. The van der Waals surface area contributed by atoms with Crippen molar-refractivity contribution in [1.29, 1.82) is 0 Å². The minimum Gasteiger partial charge on any atom is -0.495 e. The van der Waals surface area contributed by atoms with Crippen LogP contribution in [0.15, 0.2) is 28.5 Å². The second-order valence-corrected chi connectivity index (χ2v) is 6.19. The Morgan fingerprint density at radius 3 is 2.92 bits per heavy atom. The van der Waals surface area contributed by atoms with E-state index in [-0.39, 0.29) is 12.1 Å². The van der Waals surface area contributed by atoms with E-state index < -0.39 is 0 Å². The van der Waals surface area contributed by atoms with Gasteiger partial charge in [-0.15, -0.1) is 0 Å². The quantitative estimate of drug-likeness (QED) is 0.632. The molecule has 2 atom stereocenters. The number of allylic oxidation sites excluding steroid dienone is 2. The molecule has 3 aliphatic rings. The van der Waals surface area contributed by atoms with Gasteiger partial charge >= 0.3 is 0 Å². The molecule has 0 bridgehead atoms. The van der Waals surface area contributed by atoms with Crippen molar-refractivity contribution in [2.24, 2.45) is 10.7 Å². The lowest BCUT2D eigenvalue weighted by atomic mass is 9.94. The molecule has 0 radical (unpaired) electrons. The zero-order valence-corrected chi connectivity index (χ0v) is 14.4. The van der Waals surface area contributed by atoms with Gasteiger partial charge < -0.3 is 25.3 Å². The molecule has 2 unspecified atom stereocenters. The number of rotatable bonds is 7. The summed E-state index contributed by atoms with van der Waals surface area (Å²) in [6, 6.07) is -0.265. The third-order valence-electron chi connectivity index (χ3n) is 4.59. The van der Waals surface area contributed by atoms with E-state index in [9.17, 15) is 0 Å². The molecule has 2 heterocycles. The van der Waals surface area contributed by atoms with Crippen molar-refractivity contribution < 1.29 is 14.2 Å². The summed E-state index contributed by atoms with van der Waals surface area (Å²) >= 11 is 0. The first-order valence-electron chi connectivity index (χ1n) is 8.71. The lowest BCUT2D eigenvalue weighted by molar-refractivity contribution is 0.0282. The first-order valence-corrected chi connectivity index (χ1v) is 8.71. The zero-order chi connectivity index (χ0) is 16.8. The molecule has 1 aliphatic carbocycles. The van der Waals surface area contributed by atoms with Crippen LogP contribution >= 0.6 is 0 Å². The van der Waals surface area contributed by atoms with Crippen LogP contribution in [-0.2, 0) is 14.2 Å². The Bertz CT molecular complexity index is 512. The Morgan fingerprint density at radius 2 is 2.21 bits per heavy atom. The van der Waals surface area contributed by atoms with Crippen LogP contribution < -0.4 is 11.1 Å². The van der Waals surface area contributed by atoms with Crippen molar-refractivity contribution in [3.05, 3.63) is 23.5 Å². The topological polar surface area (TPSA) is 81.3 Å². The first-order chi connectivity index (χ1) is 11.8. The first kappa shape index (κ1) is 17.4. The van der Waals surface area contributed by atoms with Crippen molar-refractivity contribution in [3.8, 4) is 0 Å². The summed E-state index contributed by atoms with van der Waals surface area (Å²) in [5.41, 5.74) is 7.35. The Morgan fingerprint density at radius 1 is 1.38 bits per heavy atom. The van der Waals surface area contributed by atoms with Gasteiger partial charge in [0.1, 0.15) is 17.7 Å². The number of nitrogens with two attached hydrogens (primary N) is 1. The van der Waals surface area contributed by atoms with Gasteiger partial charge in [0.15, 0.2) is 0 Å². The molecule has 7 nitrogen and oxygen atoms in total. The number of nitrogens with zero attached hydrogens (tertiary/aromatic N) is 2. The number of ether oxygens (including phenoxy) is 3. The summed E-state index contributed by atoms with van der Waals surface area (Å²) in [6.07, 6.45) is 4.67. The maximum atomic E-state index is 6.37. The lowest BCUT2D eigenvalue weighted by Crippen LogP contribution is -2.45. The van der Waals surface area contributed by atoms with Gasteiger partial charge in [-0.05, 0) is 12.5 Å². The highest BCUT2D eigenvalue weighted by Crippen LogP contribution is 2.23. The molecule has 2 aliphatic heterocycles. The predicted octanol–water partition coefficient (Wildman–Crippen LogP) is -0.107. The molecule has 134 valence electrons. The molecule has 0 amide bonds. The van der Waals surface area contributed by atoms with Gasteiger partial charge in [-0.25, -0.2) is 0 Å². The van der Waals surface area contributed by atoms with Crippen LogP contribution in [0, 0.1) is 0 Å². The zero-order valence-electron chi connectivity index (χ0n) is 14.4. The van der Waals surface area contributed by atoms with Gasteiger partial charge in [0.25, 0.3) is 0 Å². The highest BCUT2D eigenvalue weighted by atomic mass is 16.5. The maximum absolute atomic E-state index is 6.37. The molecule has 1 saturated heterocycles. The number of nitrogens with one attached hydrogen (secondary N) is 1. The molecule has 0 spiro atoms. The minimum absolute atomic E-state index is 0.265. The Kier molecular flexibility index (Phi) is 6.25. The van der Waals surface area contributed by atoms with Crippen molar-refractivity contribution in [2.75, 3.05) is 59.7 Å². The standard InChI is InChI=1S/C17H28N4O3/c1-22-16-14(24-10-2-7-21-8-11-23-12-9-21)4-3-13(15(16)18)17-19-5-6-20-17/h3-4,15-16H,2,5-12,18H2,1H3,(H,19,20). The van der Waals surface area contributed by atoms with Gasteiger partial charge in [-0.1, -0.05) is 6.08 Å². The largest absolute Gasteiger partial charge is 0.495 e. The smallest absolute Gasteiger partial charge is 0.133 e. The second kappa shape index (κ2) is 8.62. The van der Waals surface area contributed by atoms with E-state index in [1.807, 2.05) is 12.2 Å². The summed E-state index contributed by atoms with van der Waals surface area (Å²) in [4.78, 5) is 6.85. The Hall–Kier alpha value is -1.41. The predicted molar refractivity (Wildman–Crippen MR) is 93.1 cm³/mol. The molecule has 0 saturated carbocycles. The average molecular weight is 336 g/mol. The van der Waals surface area contributed by atoms with E-state index in [0.29, 0.717) is 6.61 Å². The SMILES string of the molecule is COC1C(OCCCN2CCOCC2)=CC=C(C2=NCCN2)C1N. The molecular formula is C17H28N4O3. The van der Waals surface area contributed by atoms with Gasteiger partial charge in [0.2, 0.25) is 0 Å². The number of aliphatic imine (C=N–C) groups is 1. The van der Waals surface area contributed by atoms with Crippen molar-refractivity contribution >= 4 is 5.84 Å². The minimum atomic E-state index is -0.265. The fraction of sp³-hybridized carbons (Fsp3) is 0.706. The number of hydrogen-bond acceptors (Lipinski definition) is 7. The Balaban J connectivity index is 1.51. The van der Waals surface area contributed by atoms with Crippen LogP contribution in [0.1, 0.15) is 6.42 Å². The van der Waals surface area contributed by atoms with Gasteiger partial charge in [-0.3, -0.25) is 9.89 Å². The fourth-order valence-electron chi connectivity index (χ4n) is 3.24. The van der Waals surface area contributed by atoms with E-state index in [2.05, 4.69) is 15.2 Å². The van der Waals surface area contributed by atoms with E-state index in [1.165, 1.54) is 0 Å². The summed E-state index contributed by atoms with van der Waals surface area (Å²) < 4.78 is 16.9. The van der Waals surface area contributed by atoms with Crippen LogP contribution in [0.4, 0.5) is 0 Å². The molecule has 3 rings (SSSR count). The highest BCUT2D eigenvalue weighted by molar-refractivity contribution is 6.01. The summed E-state index contributed by atoms with van der Waals surface area (Å²) in [6.45, 7) is 7.04. The molecule has 3 N–H and O–H groups in total. The summed E-state index contributed by atoms with van der Waals surface area (Å²) in [7, 11) is 1.67. The third kappa shape index (κ3) is 4.16. The fourth-order valence-corrected chi connectivity index (χ4v) is 3.24.